The highest BCUT2D eigenvalue weighted by molar-refractivity contribution is 7.88. The summed E-state index contributed by atoms with van der Waals surface area (Å²) < 4.78 is 39.8. The molecule has 1 aliphatic heterocycles. The van der Waals surface area contributed by atoms with Gasteiger partial charge in [0.05, 0.1) is 12.6 Å². The van der Waals surface area contributed by atoms with Crippen LogP contribution in [0.1, 0.15) is 13.3 Å². The molecule has 8 nitrogen and oxygen atoms in total. The van der Waals surface area contributed by atoms with Crippen LogP contribution in [0.25, 0.3) is 11.2 Å². The first kappa shape index (κ1) is 15.1. The number of aryl methyl sites for hydroxylation is 1. The molecular formula is C12H17FN6O2S. The van der Waals surface area contributed by atoms with Crippen LogP contribution in [0.4, 0.5) is 10.2 Å². The summed E-state index contributed by atoms with van der Waals surface area (Å²) in [7, 11) is -3.21. The Labute approximate surface area is 127 Å². The molecule has 0 amide bonds. The number of rotatable bonds is 4. The van der Waals surface area contributed by atoms with Crippen molar-refractivity contribution in [3.8, 4) is 0 Å². The minimum Gasteiger partial charge on any atom is -0.364 e. The molecule has 1 atom stereocenters. The van der Waals surface area contributed by atoms with Crippen LogP contribution >= 0.6 is 0 Å². The minimum atomic E-state index is -3.21. The van der Waals surface area contributed by atoms with E-state index in [-0.39, 0.29) is 6.04 Å². The zero-order valence-electron chi connectivity index (χ0n) is 12.3. The van der Waals surface area contributed by atoms with E-state index in [4.69, 9.17) is 0 Å². The monoisotopic (exact) mass is 328 g/mol. The summed E-state index contributed by atoms with van der Waals surface area (Å²) in [5.41, 5.74) is 0.913. The number of fused-ring (bicyclic) bond motifs is 1. The van der Waals surface area contributed by atoms with Crippen LogP contribution in [-0.4, -0.2) is 57.6 Å². The molecule has 1 saturated heterocycles. The van der Waals surface area contributed by atoms with Gasteiger partial charge in [0.15, 0.2) is 17.0 Å². The molecular weight excluding hydrogens is 311 g/mol. The van der Waals surface area contributed by atoms with Gasteiger partial charge in [0.25, 0.3) is 0 Å². The number of hydrogen-bond acceptors (Lipinski definition) is 6. The second-order valence-corrected chi connectivity index (χ2v) is 7.28. The molecule has 0 radical (unpaired) electrons. The zero-order valence-corrected chi connectivity index (χ0v) is 13.1. The van der Waals surface area contributed by atoms with Crippen LogP contribution in [0.3, 0.4) is 0 Å². The molecule has 0 aromatic carbocycles. The molecule has 3 heterocycles. The van der Waals surface area contributed by atoms with E-state index in [1.807, 2.05) is 6.92 Å². The lowest BCUT2D eigenvalue weighted by molar-refractivity contribution is 0.480. The molecule has 10 heteroatoms. The summed E-state index contributed by atoms with van der Waals surface area (Å²) in [4.78, 5) is 11.8. The average Bonchev–Trinajstić information content (AvgIpc) is 3.04. The Balaban J connectivity index is 1.87. The summed E-state index contributed by atoms with van der Waals surface area (Å²) in [6.45, 7) is 3.31. The second-order valence-electron chi connectivity index (χ2n) is 5.29. The maximum Gasteiger partial charge on any atom is 0.312 e. The first-order chi connectivity index (χ1) is 10.4. The average molecular weight is 328 g/mol. The molecule has 0 saturated carbocycles. The van der Waals surface area contributed by atoms with Crippen molar-refractivity contribution in [1.82, 2.24) is 23.8 Å². The molecule has 0 spiro atoms. The third-order valence-corrected chi connectivity index (χ3v) is 5.01. The number of nitrogens with one attached hydrogen (secondary N) is 1. The van der Waals surface area contributed by atoms with Crippen LogP contribution in [-0.2, 0) is 16.6 Å². The molecule has 120 valence electrons. The first-order valence-corrected chi connectivity index (χ1v) is 8.83. The molecule has 0 aliphatic carbocycles. The standard InChI is InChI=1S/C12H17FN6O2S/c1-3-18-7-14-9-10(16-12(13)17-11(9)18)15-8-4-5-19(6-8)22(2,20)21/h7-8H,3-6H2,1-2H3,(H,15,16,17)/t8-/m0/s1. The summed E-state index contributed by atoms with van der Waals surface area (Å²) >= 11 is 0. The fraction of sp³-hybridized carbons (Fsp3) is 0.583. The molecule has 2 aromatic rings. The SMILES string of the molecule is CCn1cnc2c(N[C@H]3CCN(S(C)(=O)=O)C3)nc(F)nc21. The van der Waals surface area contributed by atoms with Gasteiger partial charge >= 0.3 is 6.08 Å². The highest BCUT2D eigenvalue weighted by Gasteiger charge is 2.29. The van der Waals surface area contributed by atoms with Gasteiger partial charge in [0.2, 0.25) is 10.0 Å². The summed E-state index contributed by atoms with van der Waals surface area (Å²) in [5, 5.41) is 3.09. The van der Waals surface area contributed by atoms with Crippen LogP contribution in [0, 0.1) is 6.08 Å². The number of anilines is 1. The lowest BCUT2D eigenvalue weighted by Gasteiger charge is -2.15. The van der Waals surface area contributed by atoms with Gasteiger partial charge in [-0.2, -0.15) is 14.4 Å². The van der Waals surface area contributed by atoms with Gasteiger partial charge in [-0.3, -0.25) is 0 Å². The van der Waals surface area contributed by atoms with Crippen LogP contribution in [0.2, 0.25) is 0 Å². The first-order valence-electron chi connectivity index (χ1n) is 6.98. The molecule has 3 rings (SSSR count). The maximum atomic E-state index is 13.6. The number of sulfonamides is 1. The highest BCUT2D eigenvalue weighted by Crippen LogP contribution is 2.22. The number of aromatic nitrogens is 4. The highest BCUT2D eigenvalue weighted by atomic mass is 32.2. The van der Waals surface area contributed by atoms with Crippen molar-refractivity contribution >= 4 is 27.0 Å². The van der Waals surface area contributed by atoms with E-state index < -0.39 is 16.1 Å². The van der Waals surface area contributed by atoms with Crippen LogP contribution < -0.4 is 5.32 Å². The molecule has 22 heavy (non-hydrogen) atoms. The molecule has 0 bridgehead atoms. The van der Waals surface area contributed by atoms with Crippen molar-refractivity contribution in [3.63, 3.8) is 0 Å². The van der Waals surface area contributed by atoms with Crippen molar-refractivity contribution in [1.29, 1.82) is 0 Å². The van der Waals surface area contributed by atoms with Crippen LogP contribution in [0.15, 0.2) is 6.33 Å². The van der Waals surface area contributed by atoms with Gasteiger partial charge < -0.3 is 9.88 Å². The van der Waals surface area contributed by atoms with Gasteiger partial charge in [0, 0.05) is 25.7 Å². The van der Waals surface area contributed by atoms with E-state index in [1.54, 1.807) is 10.9 Å². The normalized spacial score (nSPS) is 19.9. The van der Waals surface area contributed by atoms with E-state index in [2.05, 4.69) is 20.3 Å². The Hall–Kier alpha value is -1.81. The number of halogens is 1. The van der Waals surface area contributed by atoms with Crippen molar-refractivity contribution < 1.29 is 12.8 Å². The second kappa shape index (κ2) is 5.43. The molecule has 2 aromatic heterocycles. The minimum absolute atomic E-state index is 0.126. The smallest absolute Gasteiger partial charge is 0.312 e. The van der Waals surface area contributed by atoms with Crippen molar-refractivity contribution in [2.45, 2.75) is 25.9 Å². The Bertz CT molecular complexity index is 805. The van der Waals surface area contributed by atoms with Crippen LogP contribution in [0.5, 0.6) is 0 Å². The van der Waals surface area contributed by atoms with Gasteiger partial charge in [-0.25, -0.2) is 17.7 Å². The summed E-state index contributed by atoms with van der Waals surface area (Å²) in [6, 6.07) is -0.126. The number of imidazole rings is 1. The fourth-order valence-electron chi connectivity index (χ4n) is 2.59. The predicted octanol–water partition coefficient (Wildman–Crippen LogP) is 0.431. The van der Waals surface area contributed by atoms with Crippen molar-refractivity contribution in [2.75, 3.05) is 24.7 Å². The predicted molar refractivity (Wildman–Crippen MR) is 79.4 cm³/mol. The summed E-state index contributed by atoms with van der Waals surface area (Å²) in [5.74, 6) is 0.301. The largest absolute Gasteiger partial charge is 0.364 e. The Morgan fingerprint density at radius 3 is 2.86 bits per heavy atom. The van der Waals surface area contributed by atoms with E-state index in [0.29, 0.717) is 43.0 Å². The quantitative estimate of drug-likeness (QED) is 0.818. The van der Waals surface area contributed by atoms with Crippen molar-refractivity contribution in [2.24, 2.45) is 0 Å². The van der Waals surface area contributed by atoms with Gasteiger partial charge in [-0.15, -0.1) is 0 Å². The molecule has 0 unspecified atom stereocenters. The zero-order chi connectivity index (χ0) is 15.9. The molecule has 1 fully saturated rings. The van der Waals surface area contributed by atoms with Gasteiger partial charge in [-0.1, -0.05) is 0 Å². The molecule has 1 aliphatic rings. The number of hydrogen-bond donors (Lipinski definition) is 1. The molecule has 1 N–H and O–H groups in total. The maximum absolute atomic E-state index is 13.6. The van der Waals surface area contributed by atoms with E-state index in [1.165, 1.54) is 10.6 Å². The Kier molecular flexibility index (Phi) is 3.73. The van der Waals surface area contributed by atoms with E-state index in [9.17, 15) is 12.8 Å². The Morgan fingerprint density at radius 1 is 1.45 bits per heavy atom. The lowest BCUT2D eigenvalue weighted by Crippen LogP contribution is -2.31. The number of nitrogens with zero attached hydrogens (tertiary/aromatic N) is 5. The third kappa shape index (κ3) is 2.75. The Morgan fingerprint density at radius 2 is 2.23 bits per heavy atom. The topological polar surface area (TPSA) is 93.0 Å². The van der Waals surface area contributed by atoms with Gasteiger partial charge in [-0.05, 0) is 13.3 Å². The van der Waals surface area contributed by atoms with E-state index >= 15 is 0 Å². The third-order valence-electron chi connectivity index (χ3n) is 3.74. The fourth-order valence-corrected chi connectivity index (χ4v) is 3.48. The lowest BCUT2D eigenvalue weighted by atomic mass is 10.2. The van der Waals surface area contributed by atoms with Gasteiger partial charge in [0.1, 0.15) is 0 Å². The van der Waals surface area contributed by atoms with Crippen molar-refractivity contribution in [3.05, 3.63) is 12.4 Å². The summed E-state index contributed by atoms with van der Waals surface area (Å²) in [6.07, 6.45) is 2.57. The van der Waals surface area contributed by atoms with E-state index in [0.717, 1.165) is 0 Å².